The number of carbonyl (C=O) groups excluding carboxylic acids is 2. The minimum atomic E-state index is -1.09. The van der Waals surface area contributed by atoms with Gasteiger partial charge in [0.2, 0.25) is 5.91 Å². The first kappa shape index (κ1) is 27.9. The number of piperidine rings is 1. The Morgan fingerprint density at radius 1 is 1.27 bits per heavy atom. The van der Waals surface area contributed by atoms with E-state index >= 15 is 0 Å². The van der Waals surface area contributed by atoms with Crippen LogP contribution in [-0.4, -0.2) is 74.5 Å². The number of nitrogens with zero attached hydrogens (tertiary/aromatic N) is 4. The van der Waals surface area contributed by atoms with Gasteiger partial charge in [-0.15, -0.1) is 0 Å². The molecule has 2 aromatic rings. The van der Waals surface area contributed by atoms with Crippen LogP contribution in [0.25, 0.3) is 0 Å². The van der Waals surface area contributed by atoms with E-state index in [1.807, 2.05) is 40.7 Å². The minimum absolute atomic E-state index is 0.123. The van der Waals surface area contributed by atoms with E-state index in [2.05, 4.69) is 15.6 Å². The summed E-state index contributed by atoms with van der Waals surface area (Å²) in [6, 6.07) is 2.79. The molecule has 0 spiro atoms. The maximum Gasteiger partial charge on any atom is 0.407 e. The maximum atomic E-state index is 14.1. The zero-order chi connectivity index (χ0) is 27.3. The van der Waals surface area contributed by atoms with E-state index in [9.17, 15) is 19.5 Å². The van der Waals surface area contributed by atoms with Gasteiger partial charge >= 0.3 is 6.09 Å². The Bertz CT molecular complexity index is 1100. The fourth-order valence-electron chi connectivity index (χ4n) is 4.41. The lowest BCUT2D eigenvalue weighted by atomic mass is 9.95. The molecule has 0 aromatic carbocycles. The number of amides is 3. The van der Waals surface area contributed by atoms with Crippen molar-refractivity contribution in [3.8, 4) is 0 Å². The Morgan fingerprint density at radius 2 is 2.00 bits per heavy atom. The highest BCUT2D eigenvalue weighted by Crippen LogP contribution is 2.26. The average Bonchev–Trinajstić information content (AvgIpc) is 3.33. The van der Waals surface area contributed by atoms with Crippen molar-refractivity contribution < 1.29 is 23.9 Å². The molecule has 1 aliphatic heterocycles. The number of furan rings is 1. The number of anilines is 1. The van der Waals surface area contributed by atoms with E-state index in [-0.39, 0.29) is 36.2 Å². The largest absolute Gasteiger partial charge is 0.467 e. The molecular weight excluding hydrogens is 476 g/mol. The second kappa shape index (κ2) is 11.6. The fraction of sp³-hybridized carbons (Fsp3) is 0.577. The molecule has 3 rings (SSSR count). The number of hydrogen-bond donors (Lipinski definition) is 3. The second-order valence-electron chi connectivity index (χ2n) is 11.0. The summed E-state index contributed by atoms with van der Waals surface area (Å²) in [6.45, 7) is 12.4. The molecule has 0 radical (unpaired) electrons. The van der Waals surface area contributed by atoms with Gasteiger partial charge in [-0.3, -0.25) is 9.59 Å². The van der Waals surface area contributed by atoms with Crippen LogP contribution in [0.2, 0.25) is 0 Å². The number of likely N-dealkylation sites (tertiary alicyclic amines) is 1. The average molecular weight is 515 g/mol. The molecule has 202 valence electrons. The molecule has 1 aliphatic rings. The third kappa shape index (κ3) is 7.43. The van der Waals surface area contributed by atoms with Gasteiger partial charge in [0, 0.05) is 44.2 Å². The summed E-state index contributed by atoms with van der Waals surface area (Å²) >= 11 is 0. The van der Waals surface area contributed by atoms with E-state index in [0.29, 0.717) is 42.5 Å². The second-order valence-corrected chi connectivity index (χ2v) is 11.0. The van der Waals surface area contributed by atoms with Gasteiger partial charge in [0.05, 0.1) is 18.8 Å². The van der Waals surface area contributed by atoms with Crippen LogP contribution < -0.4 is 10.6 Å². The number of aromatic nitrogens is 2. The van der Waals surface area contributed by atoms with E-state index in [1.165, 1.54) is 18.0 Å². The molecule has 3 N–H and O–H groups in total. The van der Waals surface area contributed by atoms with Crippen LogP contribution in [-0.2, 0) is 16.8 Å². The van der Waals surface area contributed by atoms with Gasteiger partial charge in [0.15, 0.2) is 0 Å². The predicted molar refractivity (Wildman–Crippen MR) is 138 cm³/mol. The van der Waals surface area contributed by atoms with E-state index in [4.69, 9.17) is 9.40 Å². The Balaban J connectivity index is 1.98. The molecule has 1 fully saturated rings. The molecule has 0 saturated carbocycles. The standard InChI is InChI=1S/C26H38N6O5/c1-16(2)13-32(19-10-18(29-17(3)33)14-31(15-19)25(35)36)23(34)21-12-28-24(26(4,5)6)30-22(21)27-11-20-8-7-9-37-20/h7-9,12,16,18-19H,10-11,13-15H2,1-6H3,(H,29,33)(H,35,36)(H,27,28,30)/t18-,19+/m1/s1. The van der Waals surface area contributed by atoms with E-state index in [0.717, 1.165) is 0 Å². The van der Waals surface area contributed by atoms with Crippen LogP contribution in [0.4, 0.5) is 10.6 Å². The van der Waals surface area contributed by atoms with Gasteiger partial charge in [-0.05, 0) is 24.5 Å². The van der Waals surface area contributed by atoms with Crippen molar-refractivity contribution in [2.75, 3.05) is 25.0 Å². The summed E-state index contributed by atoms with van der Waals surface area (Å²) in [5.41, 5.74) is -0.0409. The third-order valence-corrected chi connectivity index (χ3v) is 6.07. The SMILES string of the molecule is CC(=O)N[C@@H]1C[C@H](N(CC(C)C)C(=O)c2cnc(C(C)(C)C)nc2NCc2ccco2)CN(C(=O)O)C1. The monoisotopic (exact) mass is 514 g/mol. The van der Waals surface area contributed by atoms with Gasteiger partial charge in [-0.2, -0.15) is 0 Å². The fourth-order valence-corrected chi connectivity index (χ4v) is 4.41. The van der Waals surface area contributed by atoms with Crippen molar-refractivity contribution in [1.82, 2.24) is 25.1 Å². The Hall–Kier alpha value is -3.63. The molecule has 2 atom stereocenters. The van der Waals surface area contributed by atoms with Crippen LogP contribution in [0.1, 0.15) is 69.9 Å². The molecule has 11 nitrogen and oxygen atoms in total. The number of rotatable bonds is 8. The quantitative estimate of drug-likeness (QED) is 0.487. The summed E-state index contributed by atoms with van der Waals surface area (Å²) < 4.78 is 5.43. The molecule has 1 saturated heterocycles. The predicted octanol–water partition coefficient (Wildman–Crippen LogP) is 3.33. The summed E-state index contributed by atoms with van der Waals surface area (Å²) in [5.74, 6) is 1.25. The first-order valence-electron chi connectivity index (χ1n) is 12.5. The molecule has 3 amide bonds. The Morgan fingerprint density at radius 3 is 2.57 bits per heavy atom. The van der Waals surface area contributed by atoms with Crippen molar-refractivity contribution >= 4 is 23.7 Å². The van der Waals surface area contributed by atoms with Crippen molar-refractivity contribution in [2.24, 2.45) is 5.92 Å². The summed E-state index contributed by atoms with van der Waals surface area (Å²) in [5, 5.41) is 15.8. The number of carboxylic acid groups (broad SMARTS) is 1. The molecular formula is C26H38N6O5. The van der Waals surface area contributed by atoms with Crippen LogP contribution in [0.15, 0.2) is 29.0 Å². The van der Waals surface area contributed by atoms with E-state index in [1.54, 1.807) is 17.2 Å². The first-order chi connectivity index (χ1) is 17.3. The molecule has 0 aliphatic carbocycles. The summed E-state index contributed by atoms with van der Waals surface area (Å²) in [6.07, 6.45) is 2.47. The highest BCUT2D eigenvalue weighted by molar-refractivity contribution is 5.98. The lowest BCUT2D eigenvalue weighted by Crippen LogP contribution is -2.59. The maximum absolute atomic E-state index is 14.1. The van der Waals surface area contributed by atoms with Crippen LogP contribution in [0.5, 0.6) is 0 Å². The molecule has 37 heavy (non-hydrogen) atoms. The normalized spacial score (nSPS) is 18.0. The van der Waals surface area contributed by atoms with Crippen molar-refractivity contribution in [1.29, 1.82) is 0 Å². The van der Waals surface area contributed by atoms with Gasteiger partial charge < -0.3 is 30.0 Å². The van der Waals surface area contributed by atoms with Gasteiger partial charge in [-0.25, -0.2) is 14.8 Å². The van der Waals surface area contributed by atoms with Crippen LogP contribution in [0, 0.1) is 5.92 Å². The highest BCUT2D eigenvalue weighted by Gasteiger charge is 2.37. The zero-order valence-corrected chi connectivity index (χ0v) is 22.4. The van der Waals surface area contributed by atoms with Crippen LogP contribution in [0.3, 0.4) is 0 Å². The summed E-state index contributed by atoms with van der Waals surface area (Å²) in [4.78, 5) is 49.8. The number of nitrogens with one attached hydrogen (secondary N) is 2. The van der Waals surface area contributed by atoms with Crippen LogP contribution >= 0.6 is 0 Å². The van der Waals surface area contributed by atoms with Crippen molar-refractivity contribution in [2.45, 2.75) is 72.0 Å². The Kier molecular flexibility index (Phi) is 8.77. The Labute approximate surface area is 217 Å². The van der Waals surface area contributed by atoms with Crippen molar-refractivity contribution in [3.63, 3.8) is 0 Å². The smallest absolute Gasteiger partial charge is 0.407 e. The summed E-state index contributed by atoms with van der Waals surface area (Å²) in [7, 11) is 0. The molecule has 11 heteroatoms. The lowest BCUT2D eigenvalue weighted by molar-refractivity contribution is -0.120. The molecule has 3 heterocycles. The number of hydrogen-bond acceptors (Lipinski definition) is 7. The van der Waals surface area contributed by atoms with Gasteiger partial charge in [0.1, 0.15) is 23.0 Å². The topological polar surface area (TPSA) is 141 Å². The lowest BCUT2D eigenvalue weighted by Gasteiger charge is -2.42. The van der Waals surface area contributed by atoms with Crippen molar-refractivity contribution in [3.05, 3.63) is 41.7 Å². The molecule has 2 aromatic heterocycles. The highest BCUT2D eigenvalue weighted by atomic mass is 16.4. The minimum Gasteiger partial charge on any atom is -0.467 e. The zero-order valence-electron chi connectivity index (χ0n) is 22.4. The third-order valence-electron chi connectivity index (χ3n) is 6.07. The van der Waals surface area contributed by atoms with Gasteiger partial charge in [-0.1, -0.05) is 34.6 Å². The number of carbonyl (C=O) groups is 3. The van der Waals surface area contributed by atoms with E-state index < -0.39 is 18.2 Å². The first-order valence-corrected chi connectivity index (χ1v) is 12.5. The molecule has 0 bridgehead atoms. The van der Waals surface area contributed by atoms with Gasteiger partial charge in [0.25, 0.3) is 5.91 Å². The molecule has 0 unspecified atom stereocenters.